The smallest absolute Gasteiger partial charge is 0.409 e. The molecule has 0 saturated carbocycles. The molecule has 1 aromatic carbocycles. The van der Waals surface area contributed by atoms with E-state index in [1.807, 2.05) is 0 Å². The highest BCUT2D eigenvalue weighted by molar-refractivity contribution is 7.92. The van der Waals surface area contributed by atoms with Gasteiger partial charge >= 0.3 is 6.09 Å². The van der Waals surface area contributed by atoms with Gasteiger partial charge in [0.1, 0.15) is 5.82 Å². The van der Waals surface area contributed by atoms with E-state index in [-0.39, 0.29) is 16.6 Å². The quantitative estimate of drug-likeness (QED) is 0.871. The lowest BCUT2D eigenvalue weighted by Gasteiger charge is -2.35. The van der Waals surface area contributed by atoms with E-state index in [0.29, 0.717) is 24.2 Å². The summed E-state index contributed by atoms with van der Waals surface area (Å²) in [5.41, 5.74) is 1.08. The third-order valence-corrected chi connectivity index (χ3v) is 5.95. The van der Waals surface area contributed by atoms with Gasteiger partial charge in [0.2, 0.25) is 0 Å². The summed E-state index contributed by atoms with van der Waals surface area (Å²) in [7, 11) is -3.94. The van der Waals surface area contributed by atoms with Crippen LogP contribution in [0.15, 0.2) is 41.4 Å². The Morgan fingerprint density at radius 3 is 2.68 bits per heavy atom. The predicted molar refractivity (Wildman–Crippen MR) is 89.7 cm³/mol. The van der Waals surface area contributed by atoms with Gasteiger partial charge in [0.25, 0.3) is 10.0 Å². The van der Waals surface area contributed by atoms with Gasteiger partial charge in [-0.25, -0.2) is 17.6 Å². The van der Waals surface area contributed by atoms with Crippen LogP contribution in [-0.2, 0) is 16.4 Å². The number of rotatable bonds is 3. The highest BCUT2D eigenvalue weighted by Gasteiger charge is 2.34. The van der Waals surface area contributed by atoms with Crippen molar-refractivity contribution < 1.29 is 22.7 Å². The second-order valence-corrected chi connectivity index (χ2v) is 7.58. The van der Waals surface area contributed by atoms with Gasteiger partial charge in [0, 0.05) is 6.04 Å². The SMILES string of the molecule is CC1CCc2ncc(NC(=O)O)cc2N1S(=O)(=O)c1ccc(F)cc1. The van der Waals surface area contributed by atoms with Crippen LogP contribution in [-0.4, -0.2) is 30.6 Å². The fraction of sp³-hybridized carbons (Fsp3) is 0.250. The number of aryl methyl sites for hydroxylation is 1. The number of anilines is 2. The number of carbonyl (C=O) groups is 1. The summed E-state index contributed by atoms with van der Waals surface area (Å²) < 4.78 is 40.4. The maximum Gasteiger partial charge on any atom is 0.409 e. The zero-order chi connectivity index (χ0) is 18.2. The molecule has 0 spiro atoms. The van der Waals surface area contributed by atoms with Crippen molar-refractivity contribution in [3.05, 3.63) is 48.0 Å². The number of halogens is 1. The largest absolute Gasteiger partial charge is 0.465 e. The number of nitrogens with zero attached hydrogens (tertiary/aromatic N) is 2. The van der Waals surface area contributed by atoms with Crippen molar-refractivity contribution in [2.75, 3.05) is 9.62 Å². The molecule has 0 bridgehead atoms. The zero-order valence-electron chi connectivity index (χ0n) is 13.3. The van der Waals surface area contributed by atoms with Crippen LogP contribution < -0.4 is 9.62 Å². The Morgan fingerprint density at radius 2 is 2.04 bits per heavy atom. The molecular weight excluding hydrogens is 349 g/mol. The molecule has 0 saturated heterocycles. The Labute approximate surface area is 144 Å². The molecule has 9 heteroatoms. The molecule has 2 aromatic rings. The fourth-order valence-corrected chi connectivity index (χ4v) is 4.55. The van der Waals surface area contributed by atoms with Gasteiger partial charge in [-0.05, 0) is 50.1 Å². The van der Waals surface area contributed by atoms with Crippen LogP contribution in [0.1, 0.15) is 19.0 Å². The maximum absolute atomic E-state index is 13.1. The van der Waals surface area contributed by atoms with E-state index >= 15 is 0 Å². The first-order valence-corrected chi connectivity index (χ1v) is 9.02. The Balaban J connectivity index is 2.10. The van der Waals surface area contributed by atoms with E-state index in [0.717, 1.165) is 12.1 Å². The standard InChI is InChI=1S/C16H16FN3O4S/c1-10-2-7-14-15(8-12(9-18-14)19-16(21)22)20(10)25(23,24)13-5-3-11(17)4-6-13/h3-6,8-10,19H,2,7H2,1H3,(H,21,22). The van der Waals surface area contributed by atoms with Crippen molar-refractivity contribution in [3.63, 3.8) is 0 Å². The molecule has 3 rings (SSSR count). The number of sulfonamides is 1. The molecule has 7 nitrogen and oxygen atoms in total. The minimum absolute atomic E-state index is 0.0369. The van der Waals surface area contributed by atoms with Gasteiger partial charge in [0.05, 0.1) is 28.2 Å². The molecule has 1 amide bonds. The normalized spacial score (nSPS) is 17.0. The van der Waals surface area contributed by atoms with Gasteiger partial charge in [-0.1, -0.05) is 0 Å². The molecule has 0 aliphatic carbocycles. The van der Waals surface area contributed by atoms with Gasteiger partial charge in [-0.3, -0.25) is 14.6 Å². The minimum atomic E-state index is -3.94. The number of nitrogens with one attached hydrogen (secondary N) is 1. The molecule has 0 fully saturated rings. The Kier molecular flexibility index (Phi) is 4.34. The average molecular weight is 365 g/mol. The van der Waals surface area contributed by atoms with Crippen LogP contribution in [0.2, 0.25) is 0 Å². The first kappa shape index (κ1) is 17.2. The van der Waals surface area contributed by atoms with Crippen molar-refractivity contribution >= 4 is 27.5 Å². The molecule has 2 N–H and O–H groups in total. The number of aromatic nitrogens is 1. The second-order valence-electron chi connectivity index (χ2n) is 5.76. The molecule has 1 atom stereocenters. The van der Waals surface area contributed by atoms with Crippen molar-refractivity contribution in [1.82, 2.24) is 4.98 Å². The summed E-state index contributed by atoms with van der Waals surface area (Å²) in [5.74, 6) is -0.527. The first-order valence-electron chi connectivity index (χ1n) is 7.58. The number of pyridine rings is 1. The molecular formula is C16H16FN3O4S. The van der Waals surface area contributed by atoms with Crippen LogP contribution in [0.4, 0.5) is 20.6 Å². The first-order chi connectivity index (χ1) is 11.8. The number of fused-ring (bicyclic) bond motifs is 1. The van der Waals surface area contributed by atoms with Crippen LogP contribution in [0.5, 0.6) is 0 Å². The van der Waals surface area contributed by atoms with Crippen LogP contribution >= 0.6 is 0 Å². The summed E-state index contributed by atoms with van der Waals surface area (Å²) >= 11 is 0. The number of benzene rings is 1. The summed E-state index contributed by atoms with van der Waals surface area (Å²) in [6.45, 7) is 1.77. The molecule has 1 aliphatic rings. The molecule has 1 aromatic heterocycles. The van der Waals surface area contributed by atoms with Crippen LogP contribution in [0.25, 0.3) is 0 Å². The summed E-state index contributed by atoms with van der Waals surface area (Å²) in [4.78, 5) is 15.0. The number of carboxylic acid groups (broad SMARTS) is 1. The maximum atomic E-state index is 13.1. The van der Waals surface area contributed by atoms with Gasteiger partial charge in [-0.15, -0.1) is 0 Å². The van der Waals surface area contributed by atoms with Gasteiger partial charge in [-0.2, -0.15) is 0 Å². The molecule has 1 aliphatic heterocycles. The van der Waals surface area contributed by atoms with Gasteiger partial charge in [0.15, 0.2) is 0 Å². The van der Waals surface area contributed by atoms with E-state index in [4.69, 9.17) is 5.11 Å². The molecule has 1 unspecified atom stereocenters. The Morgan fingerprint density at radius 1 is 1.36 bits per heavy atom. The van der Waals surface area contributed by atoms with Crippen molar-refractivity contribution in [3.8, 4) is 0 Å². The Hall–Kier alpha value is -2.68. The summed E-state index contributed by atoms with van der Waals surface area (Å²) in [5, 5.41) is 11.0. The summed E-state index contributed by atoms with van der Waals surface area (Å²) in [6, 6.07) is 5.69. The van der Waals surface area contributed by atoms with Crippen LogP contribution in [0.3, 0.4) is 0 Å². The number of amides is 1. The Bertz CT molecular complexity index is 915. The number of hydrogen-bond donors (Lipinski definition) is 2. The van der Waals surface area contributed by atoms with E-state index in [1.54, 1.807) is 6.92 Å². The van der Waals surface area contributed by atoms with E-state index in [1.165, 1.54) is 28.7 Å². The highest BCUT2D eigenvalue weighted by Crippen LogP contribution is 2.35. The molecule has 132 valence electrons. The number of hydrogen-bond acceptors (Lipinski definition) is 4. The van der Waals surface area contributed by atoms with Crippen molar-refractivity contribution in [2.24, 2.45) is 0 Å². The summed E-state index contributed by atoms with van der Waals surface area (Å²) in [6.07, 6.45) is 1.25. The van der Waals surface area contributed by atoms with Gasteiger partial charge < -0.3 is 5.11 Å². The third-order valence-electron chi connectivity index (χ3n) is 4.01. The molecule has 25 heavy (non-hydrogen) atoms. The molecule has 0 radical (unpaired) electrons. The topological polar surface area (TPSA) is 99.6 Å². The fourth-order valence-electron chi connectivity index (χ4n) is 2.84. The lowest BCUT2D eigenvalue weighted by molar-refractivity contribution is 0.209. The molecule has 2 heterocycles. The van der Waals surface area contributed by atoms with Crippen molar-refractivity contribution in [1.29, 1.82) is 0 Å². The predicted octanol–water partition coefficient (Wildman–Crippen LogP) is 2.84. The lowest BCUT2D eigenvalue weighted by Crippen LogP contribution is -2.42. The highest BCUT2D eigenvalue weighted by atomic mass is 32.2. The second kappa shape index (κ2) is 6.32. The average Bonchev–Trinajstić information content (AvgIpc) is 2.54. The van der Waals surface area contributed by atoms with E-state index in [9.17, 15) is 17.6 Å². The van der Waals surface area contributed by atoms with E-state index in [2.05, 4.69) is 10.3 Å². The lowest BCUT2D eigenvalue weighted by atomic mass is 10.0. The van der Waals surface area contributed by atoms with Crippen molar-refractivity contribution in [2.45, 2.75) is 30.7 Å². The van der Waals surface area contributed by atoms with E-state index < -0.39 is 21.9 Å². The third kappa shape index (κ3) is 3.27. The monoisotopic (exact) mass is 365 g/mol. The minimum Gasteiger partial charge on any atom is -0.465 e. The van der Waals surface area contributed by atoms with Crippen LogP contribution in [0, 0.1) is 5.82 Å². The zero-order valence-corrected chi connectivity index (χ0v) is 14.1.